The summed E-state index contributed by atoms with van der Waals surface area (Å²) in [7, 11) is 0. The molecule has 1 heterocycles. The van der Waals surface area contributed by atoms with E-state index >= 15 is 0 Å². The SMILES string of the molecule is CC1c2ccc(C(=O)CCCBr)cc2OCN1[O-]. The number of ketones is 1. The molecule has 0 saturated heterocycles. The van der Waals surface area contributed by atoms with Crippen LogP contribution in [0.2, 0.25) is 0 Å². The molecule has 2 rings (SSSR count). The molecule has 1 atom stereocenters. The Morgan fingerprint density at radius 2 is 2.39 bits per heavy atom. The van der Waals surface area contributed by atoms with Crippen LogP contribution in [-0.2, 0) is 0 Å². The Morgan fingerprint density at radius 3 is 3.11 bits per heavy atom. The highest BCUT2D eigenvalue weighted by Crippen LogP contribution is 2.33. The minimum Gasteiger partial charge on any atom is -0.782 e. The molecule has 1 aliphatic rings. The predicted molar refractivity (Wildman–Crippen MR) is 72.9 cm³/mol. The summed E-state index contributed by atoms with van der Waals surface area (Å²) in [6, 6.07) is 5.11. The standard InChI is InChI=1S/C13H15BrNO3/c1-9-11-5-4-10(12(16)3-2-6-14)7-13(11)18-8-15(9)17/h4-5,7,9H,2-3,6,8H2,1H3/q-1. The number of alkyl halides is 1. The van der Waals surface area contributed by atoms with Crippen LogP contribution in [0.5, 0.6) is 5.75 Å². The van der Waals surface area contributed by atoms with E-state index in [0.29, 0.717) is 17.7 Å². The molecule has 0 bridgehead atoms. The highest BCUT2D eigenvalue weighted by atomic mass is 79.9. The highest BCUT2D eigenvalue weighted by molar-refractivity contribution is 9.09. The van der Waals surface area contributed by atoms with Crippen LogP contribution in [-0.4, -0.2) is 22.9 Å². The third kappa shape index (κ3) is 2.74. The van der Waals surface area contributed by atoms with E-state index in [1.54, 1.807) is 12.1 Å². The van der Waals surface area contributed by atoms with E-state index in [-0.39, 0.29) is 18.6 Å². The Morgan fingerprint density at radius 1 is 1.61 bits per heavy atom. The molecular weight excluding hydrogens is 298 g/mol. The molecule has 0 aliphatic carbocycles. The lowest BCUT2D eigenvalue weighted by molar-refractivity contribution is 0.0975. The molecule has 1 aromatic carbocycles. The minimum atomic E-state index is -0.222. The minimum absolute atomic E-state index is 0.0210. The van der Waals surface area contributed by atoms with Crippen LogP contribution >= 0.6 is 15.9 Å². The van der Waals surface area contributed by atoms with Crippen LogP contribution in [0, 0.1) is 5.21 Å². The second-order valence-corrected chi connectivity index (χ2v) is 5.13. The number of carbonyl (C=O) groups excluding carboxylic acids is 1. The quantitative estimate of drug-likeness (QED) is 0.632. The van der Waals surface area contributed by atoms with Crippen molar-refractivity contribution in [1.29, 1.82) is 0 Å². The van der Waals surface area contributed by atoms with Gasteiger partial charge in [0.2, 0.25) is 0 Å². The lowest BCUT2D eigenvalue weighted by atomic mass is 10.00. The fourth-order valence-electron chi connectivity index (χ4n) is 1.95. The molecule has 0 radical (unpaired) electrons. The van der Waals surface area contributed by atoms with E-state index in [2.05, 4.69) is 15.9 Å². The summed E-state index contributed by atoms with van der Waals surface area (Å²) in [5.41, 5.74) is 1.49. The molecule has 0 amide bonds. The second-order valence-electron chi connectivity index (χ2n) is 4.33. The summed E-state index contributed by atoms with van der Waals surface area (Å²) in [5.74, 6) is 0.761. The summed E-state index contributed by atoms with van der Waals surface area (Å²) in [4.78, 5) is 11.9. The molecule has 4 nitrogen and oxygen atoms in total. The summed E-state index contributed by atoms with van der Waals surface area (Å²) < 4.78 is 5.35. The molecule has 18 heavy (non-hydrogen) atoms. The van der Waals surface area contributed by atoms with Crippen molar-refractivity contribution < 1.29 is 9.53 Å². The van der Waals surface area contributed by atoms with Gasteiger partial charge < -0.3 is 15.0 Å². The van der Waals surface area contributed by atoms with Crippen molar-refractivity contribution in [3.05, 3.63) is 34.5 Å². The van der Waals surface area contributed by atoms with Crippen LogP contribution in [0.4, 0.5) is 0 Å². The van der Waals surface area contributed by atoms with E-state index < -0.39 is 0 Å². The van der Waals surface area contributed by atoms with Crippen molar-refractivity contribution in [3.8, 4) is 5.75 Å². The normalized spacial score (nSPS) is 19.2. The zero-order valence-corrected chi connectivity index (χ0v) is 11.8. The highest BCUT2D eigenvalue weighted by Gasteiger charge is 2.20. The van der Waals surface area contributed by atoms with Crippen LogP contribution in [0.1, 0.15) is 41.7 Å². The van der Waals surface area contributed by atoms with Crippen molar-refractivity contribution in [2.75, 3.05) is 12.1 Å². The van der Waals surface area contributed by atoms with E-state index in [4.69, 9.17) is 4.74 Å². The largest absolute Gasteiger partial charge is 0.782 e. The molecule has 0 saturated carbocycles. The number of fused-ring (bicyclic) bond motifs is 1. The Kier molecular flexibility index (Phi) is 4.37. The molecule has 1 aliphatic heterocycles. The number of hydroxylamine groups is 2. The fourth-order valence-corrected chi connectivity index (χ4v) is 2.23. The first-order valence-corrected chi connectivity index (χ1v) is 7.05. The average Bonchev–Trinajstić information content (AvgIpc) is 2.40. The third-order valence-corrected chi connectivity index (χ3v) is 3.66. The summed E-state index contributed by atoms with van der Waals surface area (Å²) in [5, 5.41) is 13.1. The van der Waals surface area contributed by atoms with E-state index in [1.165, 1.54) is 0 Å². The molecular formula is C13H15BrNO3-. The van der Waals surface area contributed by atoms with Gasteiger partial charge in [-0.25, -0.2) is 0 Å². The van der Waals surface area contributed by atoms with Gasteiger partial charge in [-0.1, -0.05) is 28.1 Å². The Hall–Kier alpha value is -0.910. The number of benzene rings is 1. The molecule has 1 aromatic rings. The van der Waals surface area contributed by atoms with Gasteiger partial charge >= 0.3 is 0 Å². The molecule has 0 spiro atoms. The number of halogens is 1. The molecule has 0 aromatic heterocycles. The molecule has 0 fully saturated rings. The zero-order valence-electron chi connectivity index (χ0n) is 10.2. The summed E-state index contributed by atoms with van der Waals surface area (Å²) in [6.45, 7) is 1.86. The van der Waals surface area contributed by atoms with Gasteiger partial charge in [-0.2, -0.15) is 0 Å². The lowest BCUT2D eigenvalue weighted by Gasteiger charge is -2.39. The molecule has 5 heteroatoms. The van der Waals surface area contributed by atoms with E-state index in [1.807, 2.05) is 13.0 Å². The maximum absolute atomic E-state index is 11.9. The number of rotatable bonds is 4. The topological polar surface area (TPSA) is 52.6 Å². The Balaban J connectivity index is 2.20. The van der Waals surface area contributed by atoms with E-state index in [9.17, 15) is 10.0 Å². The number of ether oxygens (including phenoxy) is 1. The van der Waals surface area contributed by atoms with Crippen LogP contribution in [0.15, 0.2) is 18.2 Å². The number of nitrogens with zero attached hydrogens (tertiary/aromatic N) is 1. The summed E-state index contributed by atoms with van der Waals surface area (Å²) in [6.07, 6.45) is 1.34. The Bertz CT molecular complexity index is 450. The van der Waals surface area contributed by atoms with Gasteiger partial charge in [0, 0.05) is 28.9 Å². The number of Topliss-reactive ketones (excluding diaryl/α,β-unsaturated/α-hetero) is 1. The van der Waals surface area contributed by atoms with Crippen LogP contribution in [0.25, 0.3) is 0 Å². The van der Waals surface area contributed by atoms with Gasteiger partial charge in [-0.3, -0.25) is 4.79 Å². The second kappa shape index (κ2) is 5.82. The first-order chi connectivity index (χ1) is 8.63. The van der Waals surface area contributed by atoms with E-state index in [0.717, 1.165) is 22.4 Å². The monoisotopic (exact) mass is 312 g/mol. The predicted octanol–water partition coefficient (Wildman–Crippen LogP) is 3.26. The smallest absolute Gasteiger partial charge is 0.163 e. The van der Waals surface area contributed by atoms with Gasteiger partial charge in [0.15, 0.2) is 5.78 Å². The van der Waals surface area contributed by atoms with Gasteiger partial charge in [0.1, 0.15) is 12.5 Å². The summed E-state index contributed by atoms with van der Waals surface area (Å²) >= 11 is 3.31. The zero-order chi connectivity index (χ0) is 13.1. The third-order valence-electron chi connectivity index (χ3n) is 3.10. The maximum atomic E-state index is 11.9. The number of hydrogen-bond acceptors (Lipinski definition) is 4. The number of hydrogen-bond donors (Lipinski definition) is 0. The first-order valence-electron chi connectivity index (χ1n) is 5.93. The van der Waals surface area contributed by atoms with Crippen LogP contribution in [0.3, 0.4) is 0 Å². The molecule has 0 N–H and O–H groups in total. The van der Waals surface area contributed by atoms with Crippen molar-refractivity contribution in [2.45, 2.75) is 25.8 Å². The van der Waals surface area contributed by atoms with Gasteiger partial charge in [-0.15, -0.1) is 0 Å². The number of carbonyl (C=O) groups is 1. The molecule has 98 valence electrons. The lowest BCUT2D eigenvalue weighted by Crippen LogP contribution is -2.30. The van der Waals surface area contributed by atoms with Crippen molar-refractivity contribution in [2.24, 2.45) is 0 Å². The Labute approximate surface area is 115 Å². The fraction of sp³-hybridized carbons (Fsp3) is 0.462. The maximum Gasteiger partial charge on any atom is 0.163 e. The van der Waals surface area contributed by atoms with Crippen LogP contribution < -0.4 is 4.74 Å². The van der Waals surface area contributed by atoms with Gasteiger partial charge in [-0.05, 0) is 19.4 Å². The van der Waals surface area contributed by atoms with Gasteiger partial charge in [0.25, 0.3) is 0 Å². The first kappa shape index (κ1) is 13.5. The average molecular weight is 313 g/mol. The van der Waals surface area contributed by atoms with Crippen molar-refractivity contribution >= 4 is 21.7 Å². The van der Waals surface area contributed by atoms with Gasteiger partial charge in [0.05, 0.1) is 0 Å². The molecule has 1 unspecified atom stereocenters. The van der Waals surface area contributed by atoms with Crippen molar-refractivity contribution in [1.82, 2.24) is 5.06 Å². The van der Waals surface area contributed by atoms with Crippen molar-refractivity contribution in [3.63, 3.8) is 0 Å².